The van der Waals surface area contributed by atoms with E-state index in [-0.39, 0.29) is 5.56 Å². The summed E-state index contributed by atoms with van der Waals surface area (Å²) in [7, 11) is 0. The number of fused-ring (bicyclic) bond motifs is 1. The van der Waals surface area contributed by atoms with Gasteiger partial charge in [-0.2, -0.15) is 0 Å². The number of allylic oxidation sites excluding steroid dienone is 1. The van der Waals surface area contributed by atoms with Gasteiger partial charge in [-0.05, 0) is 72.4 Å². The van der Waals surface area contributed by atoms with Crippen molar-refractivity contribution in [1.82, 2.24) is 0 Å². The minimum Gasteiger partial charge on any atom is -0.399 e. The zero-order chi connectivity index (χ0) is 28.2. The minimum absolute atomic E-state index is 0.232. The fraction of sp³-hybridized carbons (Fsp3) is 0.548. The van der Waals surface area contributed by atoms with Crippen LogP contribution >= 0.6 is 0 Å². The summed E-state index contributed by atoms with van der Waals surface area (Å²) < 4.78 is 99.5. The molecule has 2 aromatic carbocycles. The quantitative estimate of drug-likeness (QED) is 0.209. The van der Waals surface area contributed by atoms with Crippen LogP contribution in [0, 0.1) is 35.1 Å². The molecule has 1 saturated carbocycles. The summed E-state index contributed by atoms with van der Waals surface area (Å²) >= 11 is 0. The molecule has 0 atom stereocenters. The SMILES string of the molecule is CCCCCCC1CCC(CCC2=Cc3cc(F)c(-c4cc(F)c(OC(F)(F)F)c(F)c4)c(F)c3CC2)CC1. The van der Waals surface area contributed by atoms with Gasteiger partial charge in [0.25, 0.3) is 0 Å². The molecule has 8 heteroatoms. The number of hydrogen-bond acceptors (Lipinski definition) is 1. The third kappa shape index (κ3) is 7.57. The van der Waals surface area contributed by atoms with Gasteiger partial charge in [0.05, 0.1) is 5.56 Å². The number of halogens is 7. The Kier molecular flexibility index (Phi) is 9.65. The summed E-state index contributed by atoms with van der Waals surface area (Å²) in [5.74, 6) is -5.56. The van der Waals surface area contributed by atoms with Gasteiger partial charge in [-0.3, -0.25) is 0 Å². The Morgan fingerprint density at radius 3 is 2.05 bits per heavy atom. The molecule has 0 aliphatic heterocycles. The van der Waals surface area contributed by atoms with E-state index in [0.717, 1.165) is 30.4 Å². The molecule has 2 aromatic rings. The van der Waals surface area contributed by atoms with Crippen LogP contribution in [0.5, 0.6) is 5.75 Å². The van der Waals surface area contributed by atoms with Gasteiger partial charge in [0.15, 0.2) is 11.6 Å². The van der Waals surface area contributed by atoms with Crippen molar-refractivity contribution in [3.8, 4) is 16.9 Å². The van der Waals surface area contributed by atoms with E-state index in [1.165, 1.54) is 57.8 Å². The molecule has 0 unspecified atom stereocenters. The van der Waals surface area contributed by atoms with Gasteiger partial charge < -0.3 is 4.74 Å². The summed E-state index contributed by atoms with van der Waals surface area (Å²) in [6.07, 6.45) is 10.9. The minimum atomic E-state index is -5.32. The molecule has 4 rings (SSSR count). The molecular weight excluding hydrogens is 521 g/mol. The van der Waals surface area contributed by atoms with Gasteiger partial charge in [-0.15, -0.1) is 13.2 Å². The van der Waals surface area contributed by atoms with E-state index in [0.29, 0.717) is 36.5 Å². The molecule has 214 valence electrons. The molecule has 1 fully saturated rings. The molecule has 0 saturated heterocycles. The molecule has 0 aromatic heterocycles. The molecule has 0 N–H and O–H groups in total. The van der Waals surface area contributed by atoms with Gasteiger partial charge in [-0.1, -0.05) is 76.4 Å². The highest BCUT2D eigenvalue weighted by Crippen LogP contribution is 2.40. The van der Waals surface area contributed by atoms with Crippen molar-refractivity contribution in [2.24, 2.45) is 11.8 Å². The van der Waals surface area contributed by atoms with Crippen molar-refractivity contribution in [3.05, 3.63) is 58.2 Å². The first-order valence-electron chi connectivity index (χ1n) is 14.0. The molecule has 0 radical (unpaired) electrons. The third-order valence-electron chi connectivity index (χ3n) is 8.22. The first kappa shape index (κ1) is 29.5. The van der Waals surface area contributed by atoms with E-state index < -0.39 is 46.5 Å². The van der Waals surface area contributed by atoms with Crippen molar-refractivity contribution >= 4 is 6.08 Å². The second kappa shape index (κ2) is 12.8. The number of ether oxygens (including phenoxy) is 1. The number of unbranched alkanes of at least 4 members (excludes halogenated alkanes) is 3. The maximum atomic E-state index is 15.4. The normalized spacial score (nSPS) is 19.5. The van der Waals surface area contributed by atoms with Gasteiger partial charge in [-0.25, -0.2) is 17.6 Å². The highest BCUT2D eigenvalue weighted by molar-refractivity contribution is 5.72. The van der Waals surface area contributed by atoms with Crippen molar-refractivity contribution in [2.45, 2.75) is 96.8 Å². The van der Waals surface area contributed by atoms with Gasteiger partial charge in [0.2, 0.25) is 5.75 Å². The fourth-order valence-electron chi connectivity index (χ4n) is 6.08. The molecule has 1 nitrogen and oxygen atoms in total. The second-order valence-corrected chi connectivity index (χ2v) is 11.0. The molecular formula is C31H35F7O. The Bertz CT molecular complexity index is 1150. The molecule has 0 bridgehead atoms. The van der Waals surface area contributed by atoms with E-state index in [1.807, 2.05) is 0 Å². The van der Waals surface area contributed by atoms with Crippen LogP contribution in [-0.4, -0.2) is 6.36 Å². The predicted molar refractivity (Wildman–Crippen MR) is 138 cm³/mol. The zero-order valence-corrected chi connectivity index (χ0v) is 22.2. The lowest BCUT2D eigenvalue weighted by Crippen LogP contribution is -2.19. The van der Waals surface area contributed by atoms with Crippen LogP contribution in [0.3, 0.4) is 0 Å². The van der Waals surface area contributed by atoms with E-state index in [1.54, 1.807) is 6.08 Å². The standard InChI is InChI=1S/C31H35F7O/c1-2-3-4-5-6-19-7-9-20(10-8-19)11-12-21-13-14-24-22(15-21)16-25(32)28(29(24)35)23-17-26(33)30(27(34)18-23)39-31(36,37)38/h15-20H,2-14H2,1H3. The third-order valence-corrected chi connectivity index (χ3v) is 8.22. The van der Waals surface area contributed by atoms with Crippen LogP contribution in [0.25, 0.3) is 17.2 Å². The molecule has 39 heavy (non-hydrogen) atoms. The van der Waals surface area contributed by atoms with Crippen molar-refractivity contribution in [2.75, 3.05) is 0 Å². The Labute approximate surface area is 225 Å². The van der Waals surface area contributed by atoms with Gasteiger partial charge >= 0.3 is 6.36 Å². The number of rotatable bonds is 10. The maximum Gasteiger partial charge on any atom is 0.573 e. The van der Waals surface area contributed by atoms with Crippen molar-refractivity contribution in [1.29, 1.82) is 0 Å². The second-order valence-electron chi connectivity index (χ2n) is 11.0. The summed E-state index contributed by atoms with van der Waals surface area (Å²) in [4.78, 5) is 0. The topological polar surface area (TPSA) is 9.23 Å². The average Bonchev–Trinajstić information content (AvgIpc) is 2.87. The van der Waals surface area contributed by atoms with Crippen LogP contribution in [0.1, 0.15) is 95.1 Å². The van der Waals surface area contributed by atoms with E-state index in [2.05, 4.69) is 11.7 Å². The van der Waals surface area contributed by atoms with E-state index in [4.69, 9.17) is 0 Å². The highest BCUT2D eigenvalue weighted by atomic mass is 19.4. The smallest absolute Gasteiger partial charge is 0.399 e. The van der Waals surface area contributed by atoms with Crippen molar-refractivity contribution < 1.29 is 35.5 Å². The molecule has 2 aliphatic rings. The molecule has 0 heterocycles. The number of hydrogen-bond donors (Lipinski definition) is 0. The number of alkyl halides is 3. The van der Waals surface area contributed by atoms with Crippen LogP contribution in [0.4, 0.5) is 30.7 Å². The highest BCUT2D eigenvalue weighted by Gasteiger charge is 2.34. The van der Waals surface area contributed by atoms with Crippen LogP contribution in [-0.2, 0) is 6.42 Å². The Morgan fingerprint density at radius 1 is 0.795 bits per heavy atom. The van der Waals surface area contributed by atoms with Crippen molar-refractivity contribution in [3.63, 3.8) is 0 Å². The lowest BCUT2D eigenvalue weighted by atomic mass is 9.77. The average molecular weight is 557 g/mol. The first-order valence-corrected chi connectivity index (χ1v) is 14.0. The van der Waals surface area contributed by atoms with E-state index in [9.17, 15) is 22.0 Å². The Morgan fingerprint density at radius 2 is 1.44 bits per heavy atom. The van der Waals surface area contributed by atoms with Crippen LogP contribution in [0.15, 0.2) is 23.8 Å². The molecule has 2 aliphatic carbocycles. The molecule has 0 spiro atoms. The largest absolute Gasteiger partial charge is 0.573 e. The Balaban J connectivity index is 1.41. The Hall–Kier alpha value is -2.51. The summed E-state index contributed by atoms with van der Waals surface area (Å²) in [6.45, 7) is 2.23. The maximum absolute atomic E-state index is 15.4. The van der Waals surface area contributed by atoms with Gasteiger partial charge in [0.1, 0.15) is 11.6 Å². The summed E-state index contributed by atoms with van der Waals surface area (Å²) in [6, 6.07) is 2.02. The summed E-state index contributed by atoms with van der Waals surface area (Å²) in [5, 5.41) is 0. The lowest BCUT2D eigenvalue weighted by Gasteiger charge is -2.29. The lowest BCUT2D eigenvalue weighted by molar-refractivity contribution is -0.276. The molecule has 0 amide bonds. The number of benzene rings is 2. The monoisotopic (exact) mass is 556 g/mol. The van der Waals surface area contributed by atoms with E-state index >= 15 is 8.78 Å². The zero-order valence-electron chi connectivity index (χ0n) is 22.2. The first-order chi connectivity index (χ1) is 18.6. The van der Waals surface area contributed by atoms with Crippen LogP contribution < -0.4 is 4.74 Å². The fourth-order valence-corrected chi connectivity index (χ4v) is 6.08. The summed E-state index contributed by atoms with van der Waals surface area (Å²) in [5.41, 5.74) is 0.543. The predicted octanol–water partition coefficient (Wildman–Crippen LogP) is 10.7. The van der Waals surface area contributed by atoms with Gasteiger partial charge in [0, 0.05) is 0 Å². The van der Waals surface area contributed by atoms with Crippen LogP contribution in [0.2, 0.25) is 0 Å².